The van der Waals surface area contributed by atoms with Gasteiger partial charge in [-0.3, -0.25) is 0 Å². The van der Waals surface area contributed by atoms with Gasteiger partial charge in [-0.1, -0.05) is 31.7 Å². The van der Waals surface area contributed by atoms with Crippen LogP contribution in [0.4, 0.5) is 0 Å². The van der Waals surface area contributed by atoms with Crippen LogP contribution in [0.3, 0.4) is 0 Å². The number of allylic oxidation sites excluding steroid dienone is 1. The maximum atomic E-state index is 5.61. The van der Waals surface area contributed by atoms with E-state index in [0.717, 1.165) is 36.5 Å². The zero-order valence-corrected chi connectivity index (χ0v) is 10.4. The van der Waals surface area contributed by atoms with Gasteiger partial charge in [0.1, 0.15) is 18.1 Å². The van der Waals surface area contributed by atoms with E-state index < -0.39 is 0 Å². The summed E-state index contributed by atoms with van der Waals surface area (Å²) in [6.07, 6.45) is 5.39. The summed E-state index contributed by atoms with van der Waals surface area (Å²) in [5.74, 6) is 1.69. The Balaban J connectivity index is 2.83. The van der Waals surface area contributed by atoms with Gasteiger partial charge in [-0.05, 0) is 24.5 Å². The van der Waals surface area contributed by atoms with Crippen molar-refractivity contribution < 1.29 is 9.47 Å². The van der Waals surface area contributed by atoms with E-state index in [0.29, 0.717) is 6.61 Å². The van der Waals surface area contributed by atoms with Crippen molar-refractivity contribution in [3.63, 3.8) is 0 Å². The quantitative estimate of drug-likeness (QED) is 0.635. The monoisotopic (exact) mass is 232 g/mol. The summed E-state index contributed by atoms with van der Waals surface area (Å²) in [7, 11) is 0. The van der Waals surface area contributed by atoms with Gasteiger partial charge in [0.05, 0.1) is 6.61 Å². The topological polar surface area (TPSA) is 18.5 Å². The van der Waals surface area contributed by atoms with Gasteiger partial charge in [-0.25, -0.2) is 0 Å². The molecule has 0 heterocycles. The lowest BCUT2D eigenvalue weighted by molar-refractivity contribution is 0.311. The molecule has 0 amide bonds. The summed E-state index contributed by atoms with van der Waals surface area (Å²) in [5.41, 5.74) is 1.12. The first-order valence-corrected chi connectivity index (χ1v) is 5.92. The first-order chi connectivity index (χ1) is 8.31. The average Bonchev–Trinajstić information content (AvgIpc) is 2.36. The number of hydrogen-bond donors (Lipinski definition) is 0. The van der Waals surface area contributed by atoms with Crippen molar-refractivity contribution >= 4 is 0 Å². The Morgan fingerprint density at radius 2 is 2.00 bits per heavy atom. The smallest absolute Gasteiger partial charge is 0.126 e. The van der Waals surface area contributed by atoms with Gasteiger partial charge in [-0.2, -0.15) is 0 Å². The highest BCUT2D eigenvalue weighted by Crippen LogP contribution is 2.25. The second-order valence-electron chi connectivity index (χ2n) is 3.71. The van der Waals surface area contributed by atoms with Gasteiger partial charge in [-0.15, -0.1) is 6.58 Å². The number of benzene rings is 1. The predicted molar refractivity (Wildman–Crippen MR) is 71.8 cm³/mol. The molecule has 0 aliphatic carbocycles. The molecule has 0 radical (unpaired) electrons. The zero-order valence-electron chi connectivity index (χ0n) is 10.4. The molecule has 0 fully saturated rings. The fourth-order valence-corrected chi connectivity index (χ4v) is 1.45. The summed E-state index contributed by atoms with van der Waals surface area (Å²) in [6.45, 7) is 10.7. The van der Waals surface area contributed by atoms with Crippen molar-refractivity contribution in [1.82, 2.24) is 0 Å². The van der Waals surface area contributed by atoms with Gasteiger partial charge in [0.2, 0.25) is 0 Å². The van der Waals surface area contributed by atoms with Crippen molar-refractivity contribution in [3.05, 3.63) is 49.1 Å². The first kappa shape index (κ1) is 13.4. The minimum Gasteiger partial charge on any atom is -0.493 e. The van der Waals surface area contributed by atoms with E-state index in [1.54, 1.807) is 6.08 Å². The van der Waals surface area contributed by atoms with E-state index >= 15 is 0 Å². The molecule has 2 heteroatoms. The van der Waals surface area contributed by atoms with Crippen molar-refractivity contribution in [2.24, 2.45) is 0 Å². The van der Waals surface area contributed by atoms with Gasteiger partial charge in [0, 0.05) is 6.07 Å². The predicted octanol–water partition coefficient (Wildman–Crippen LogP) is 3.77. The second kappa shape index (κ2) is 7.55. The summed E-state index contributed by atoms with van der Waals surface area (Å²) in [5, 5.41) is 0. The molecule has 1 aromatic rings. The van der Waals surface area contributed by atoms with Crippen LogP contribution >= 0.6 is 0 Å². The Hall–Kier alpha value is -1.70. The van der Waals surface area contributed by atoms with E-state index in [1.165, 1.54) is 0 Å². The second-order valence-corrected chi connectivity index (χ2v) is 3.71. The van der Waals surface area contributed by atoms with Crippen molar-refractivity contribution in [2.45, 2.75) is 19.8 Å². The van der Waals surface area contributed by atoms with E-state index in [9.17, 15) is 0 Å². The van der Waals surface area contributed by atoms with Crippen molar-refractivity contribution in [3.8, 4) is 11.5 Å². The molecule has 0 saturated heterocycles. The standard InChI is InChI=1S/C15H20O2/c1-4-7-13-8-9-14(16-10-5-2)12-15(13)17-11-6-3/h4,6,8-9,12H,1,3,5,7,10-11H2,2H3. The minimum absolute atomic E-state index is 0.501. The van der Waals surface area contributed by atoms with E-state index in [-0.39, 0.29) is 0 Å². The van der Waals surface area contributed by atoms with Crippen LogP contribution in [0, 0.1) is 0 Å². The number of rotatable bonds is 8. The highest BCUT2D eigenvalue weighted by Gasteiger charge is 2.04. The lowest BCUT2D eigenvalue weighted by atomic mass is 10.1. The number of hydrogen-bond acceptors (Lipinski definition) is 2. The normalized spacial score (nSPS) is 9.71. The third-order valence-electron chi connectivity index (χ3n) is 2.23. The van der Waals surface area contributed by atoms with Crippen LogP contribution in [-0.2, 0) is 6.42 Å². The first-order valence-electron chi connectivity index (χ1n) is 5.92. The highest BCUT2D eigenvalue weighted by atomic mass is 16.5. The molecule has 92 valence electrons. The molecule has 1 rings (SSSR count). The highest BCUT2D eigenvalue weighted by molar-refractivity contribution is 5.41. The molecular formula is C15H20O2. The van der Waals surface area contributed by atoms with Crippen molar-refractivity contribution in [2.75, 3.05) is 13.2 Å². The van der Waals surface area contributed by atoms with Crippen LogP contribution in [0.2, 0.25) is 0 Å². The Labute approximate surface area is 104 Å². The van der Waals surface area contributed by atoms with Crippen LogP contribution < -0.4 is 9.47 Å². The molecule has 0 aliphatic rings. The minimum atomic E-state index is 0.501. The van der Waals surface area contributed by atoms with E-state index in [1.807, 2.05) is 24.3 Å². The molecule has 0 spiro atoms. The average molecular weight is 232 g/mol. The summed E-state index contributed by atoms with van der Waals surface area (Å²) >= 11 is 0. The van der Waals surface area contributed by atoms with Crippen molar-refractivity contribution in [1.29, 1.82) is 0 Å². The Morgan fingerprint density at radius 1 is 1.18 bits per heavy atom. The summed E-state index contributed by atoms with van der Waals surface area (Å²) in [4.78, 5) is 0. The fourth-order valence-electron chi connectivity index (χ4n) is 1.45. The van der Waals surface area contributed by atoms with E-state index in [4.69, 9.17) is 9.47 Å². The SMILES string of the molecule is C=CCOc1cc(OCCC)ccc1CC=C. The third kappa shape index (κ3) is 4.35. The zero-order chi connectivity index (χ0) is 12.5. The molecule has 17 heavy (non-hydrogen) atoms. The summed E-state index contributed by atoms with van der Waals surface area (Å²) < 4.78 is 11.2. The molecule has 0 aromatic heterocycles. The van der Waals surface area contributed by atoms with Gasteiger partial charge >= 0.3 is 0 Å². The molecular weight excluding hydrogens is 212 g/mol. The van der Waals surface area contributed by atoms with E-state index in [2.05, 4.69) is 20.1 Å². The Bertz CT molecular complexity index is 369. The Kier molecular flexibility index (Phi) is 5.94. The van der Waals surface area contributed by atoms with Crippen LogP contribution in [0.1, 0.15) is 18.9 Å². The molecule has 0 N–H and O–H groups in total. The van der Waals surface area contributed by atoms with Gasteiger partial charge in [0.25, 0.3) is 0 Å². The maximum absolute atomic E-state index is 5.61. The molecule has 0 bridgehead atoms. The number of ether oxygens (including phenoxy) is 2. The lowest BCUT2D eigenvalue weighted by Crippen LogP contribution is -2.00. The molecule has 0 unspecified atom stereocenters. The van der Waals surface area contributed by atoms with Crippen LogP contribution in [-0.4, -0.2) is 13.2 Å². The van der Waals surface area contributed by atoms with Crippen LogP contribution in [0.5, 0.6) is 11.5 Å². The maximum Gasteiger partial charge on any atom is 0.126 e. The summed E-state index contributed by atoms with van der Waals surface area (Å²) in [6, 6.07) is 5.92. The third-order valence-corrected chi connectivity index (χ3v) is 2.23. The lowest BCUT2D eigenvalue weighted by Gasteiger charge is -2.11. The molecule has 2 nitrogen and oxygen atoms in total. The van der Waals surface area contributed by atoms with Crippen LogP contribution in [0.25, 0.3) is 0 Å². The molecule has 1 aromatic carbocycles. The molecule has 0 aliphatic heterocycles. The molecule has 0 atom stereocenters. The van der Waals surface area contributed by atoms with Gasteiger partial charge in [0.15, 0.2) is 0 Å². The Morgan fingerprint density at radius 3 is 2.65 bits per heavy atom. The van der Waals surface area contributed by atoms with Crippen LogP contribution in [0.15, 0.2) is 43.5 Å². The molecule has 0 saturated carbocycles. The largest absolute Gasteiger partial charge is 0.493 e. The fraction of sp³-hybridized carbons (Fsp3) is 0.333. The van der Waals surface area contributed by atoms with Gasteiger partial charge < -0.3 is 9.47 Å².